The number of hydrogen-bond donors (Lipinski definition) is 2. The van der Waals surface area contributed by atoms with Gasteiger partial charge in [-0.1, -0.05) is 11.6 Å². The molecule has 0 aliphatic heterocycles. The predicted molar refractivity (Wildman–Crippen MR) is 99.2 cm³/mol. The minimum absolute atomic E-state index is 0.233. The summed E-state index contributed by atoms with van der Waals surface area (Å²) in [6.45, 7) is 1.29. The number of ether oxygens (including phenoxy) is 1. The van der Waals surface area contributed by atoms with Crippen molar-refractivity contribution < 1.29 is 9.84 Å². The van der Waals surface area contributed by atoms with E-state index >= 15 is 0 Å². The lowest BCUT2D eigenvalue weighted by Gasteiger charge is -2.08. The summed E-state index contributed by atoms with van der Waals surface area (Å²) in [6.07, 6.45) is 2.52. The average molecular weight is 356 g/mol. The summed E-state index contributed by atoms with van der Waals surface area (Å²) in [5, 5.41) is 13.2. The molecule has 1 aromatic heterocycles. The van der Waals surface area contributed by atoms with Crippen molar-refractivity contribution in [3.05, 3.63) is 65.8 Å². The van der Waals surface area contributed by atoms with Crippen LogP contribution in [0.1, 0.15) is 6.42 Å². The van der Waals surface area contributed by atoms with E-state index in [1.807, 2.05) is 30.3 Å². The zero-order valence-electron chi connectivity index (χ0n) is 13.5. The van der Waals surface area contributed by atoms with Crippen molar-refractivity contribution in [2.24, 2.45) is 0 Å². The van der Waals surface area contributed by atoms with Gasteiger partial charge in [-0.15, -0.1) is 0 Å². The molecule has 0 saturated heterocycles. The van der Waals surface area contributed by atoms with Gasteiger partial charge in [0, 0.05) is 23.3 Å². The summed E-state index contributed by atoms with van der Waals surface area (Å²) < 4.78 is 5.64. The fraction of sp³-hybridized carbons (Fsp3) is 0.158. The molecular formula is C19H18ClN3O2. The highest BCUT2D eigenvalue weighted by atomic mass is 35.5. The second-order valence-corrected chi connectivity index (χ2v) is 5.83. The Morgan fingerprint density at radius 2 is 1.76 bits per heavy atom. The van der Waals surface area contributed by atoms with Crippen LogP contribution in [-0.4, -0.2) is 28.2 Å². The third-order valence-corrected chi connectivity index (χ3v) is 3.76. The van der Waals surface area contributed by atoms with Crippen LogP contribution in [0, 0.1) is 0 Å². The summed E-state index contributed by atoms with van der Waals surface area (Å²) in [5.74, 6) is 1.60. The maximum atomic E-state index is 9.36. The first-order valence-electron chi connectivity index (χ1n) is 7.95. The molecule has 0 spiro atoms. The third kappa shape index (κ3) is 5.09. The van der Waals surface area contributed by atoms with Crippen LogP contribution in [0.2, 0.25) is 5.02 Å². The van der Waals surface area contributed by atoms with E-state index in [1.165, 1.54) is 0 Å². The number of hydrogen-bond acceptors (Lipinski definition) is 5. The van der Waals surface area contributed by atoms with E-state index in [0.29, 0.717) is 24.1 Å². The standard InChI is InChI=1S/C19H18ClN3O2/c20-15-4-8-17(9-5-15)25-13-1-11-21-19-22-12-10-18(23-19)14-2-6-16(24)7-3-14/h2-10,12,24H,1,11,13H2,(H,21,22,23). The third-order valence-electron chi connectivity index (χ3n) is 3.51. The lowest BCUT2D eigenvalue weighted by atomic mass is 10.1. The predicted octanol–water partition coefficient (Wildman–Crippen LogP) is 4.38. The molecule has 3 aromatic rings. The highest BCUT2D eigenvalue weighted by Crippen LogP contribution is 2.20. The van der Waals surface area contributed by atoms with E-state index in [-0.39, 0.29) is 5.75 Å². The number of rotatable bonds is 7. The number of aromatic nitrogens is 2. The number of phenols is 1. The Bertz CT molecular complexity index is 808. The Labute approximate surface area is 151 Å². The van der Waals surface area contributed by atoms with Gasteiger partial charge in [-0.05, 0) is 61.0 Å². The number of nitrogens with zero attached hydrogens (tertiary/aromatic N) is 2. The normalized spacial score (nSPS) is 10.4. The van der Waals surface area contributed by atoms with Crippen LogP contribution in [0.15, 0.2) is 60.8 Å². The van der Waals surface area contributed by atoms with Crippen molar-refractivity contribution in [3.63, 3.8) is 0 Å². The van der Waals surface area contributed by atoms with E-state index < -0.39 is 0 Å². The smallest absolute Gasteiger partial charge is 0.223 e. The number of nitrogens with one attached hydrogen (secondary N) is 1. The van der Waals surface area contributed by atoms with E-state index in [9.17, 15) is 5.11 Å². The Hall–Kier alpha value is -2.79. The molecule has 0 bridgehead atoms. The summed E-state index contributed by atoms with van der Waals surface area (Å²) in [5.41, 5.74) is 1.73. The molecule has 0 saturated carbocycles. The van der Waals surface area contributed by atoms with Gasteiger partial charge >= 0.3 is 0 Å². The molecule has 128 valence electrons. The summed E-state index contributed by atoms with van der Waals surface area (Å²) in [6, 6.07) is 16.1. The molecule has 0 aliphatic rings. The van der Waals surface area contributed by atoms with E-state index in [1.54, 1.807) is 30.5 Å². The summed E-state index contributed by atoms with van der Waals surface area (Å²) in [4.78, 5) is 8.70. The quantitative estimate of drug-likeness (QED) is 0.615. The van der Waals surface area contributed by atoms with Crippen molar-refractivity contribution >= 4 is 17.5 Å². The SMILES string of the molecule is Oc1ccc(-c2ccnc(NCCCOc3ccc(Cl)cc3)n2)cc1. The Kier molecular flexibility index (Phi) is 5.69. The number of phenolic OH excluding ortho intramolecular Hbond substituents is 1. The first-order chi connectivity index (χ1) is 12.2. The molecule has 6 heteroatoms. The highest BCUT2D eigenvalue weighted by molar-refractivity contribution is 6.30. The van der Waals surface area contributed by atoms with Gasteiger partial charge in [0.1, 0.15) is 11.5 Å². The lowest BCUT2D eigenvalue weighted by molar-refractivity contribution is 0.315. The van der Waals surface area contributed by atoms with Gasteiger partial charge in [0.2, 0.25) is 5.95 Å². The highest BCUT2D eigenvalue weighted by Gasteiger charge is 2.02. The Morgan fingerprint density at radius 1 is 1.00 bits per heavy atom. The largest absolute Gasteiger partial charge is 0.508 e. The zero-order valence-corrected chi connectivity index (χ0v) is 14.3. The van der Waals surface area contributed by atoms with Gasteiger partial charge in [0.05, 0.1) is 12.3 Å². The second kappa shape index (κ2) is 8.35. The van der Waals surface area contributed by atoms with Gasteiger partial charge in [-0.3, -0.25) is 0 Å². The van der Waals surface area contributed by atoms with Gasteiger partial charge in [-0.2, -0.15) is 0 Å². The maximum absolute atomic E-state index is 9.36. The fourth-order valence-electron chi connectivity index (χ4n) is 2.23. The van der Waals surface area contributed by atoms with Gasteiger partial charge in [0.15, 0.2) is 0 Å². The van der Waals surface area contributed by atoms with Crippen molar-refractivity contribution in [1.82, 2.24) is 9.97 Å². The summed E-state index contributed by atoms with van der Waals surface area (Å²) in [7, 11) is 0. The van der Waals surface area contributed by atoms with Crippen LogP contribution in [-0.2, 0) is 0 Å². The first kappa shape index (κ1) is 17.0. The molecule has 5 nitrogen and oxygen atoms in total. The molecule has 1 heterocycles. The van der Waals surface area contributed by atoms with Gasteiger partial charge in [0.25, 0.3) is 0 Å². The van der Waals surface area contributed by atoms with Crippen LogP contribution in [0.25, 0.3) is 11.3 Å². The topological polar surface area (TPSA) is 67.3 Å². The average Bonchev–Trinajstić information content (AvgIpc) is 2.64. The van der Waals surface area contributed by atoms with Crippen LogP contribution in [0.5, 0.6) is 11.5 Å². The Balaban J connectivity index is 1.47. The van der Waals surface area contributed by atoms with Crippen molar-refractivity contribution in [2.45, 2.75) is 6.42 Å². The maximum Gasteiger partial charge on any atom is 0.223 e. The van der Waals surface area contributed by atoms with Crippen LogP contribution >= 0.6 is 11.6 Å². The van der Waals surface area contributed by atoms with Gasteiger partial charge in [-0.25, -0.2) is 9.97 Å². The molecule has 3 rings (SSSR count). The molecular weight excluding hydrogens is 338 g/mol. The van der Waals surface area contributed by atoms with E-state index in [2.05, 4.69) is 15.3 Å². The summed E-state index contributed by atoms with van der Waals surface area (Å²) >= 11 is 5.84. The molecule has 0 aliphatic carbocycles. The molecule has 0 unspecified atom stereocenters. The van der Waals surface area contributed by atoms with Gasteiger partial charge < -0.3 is 15.2 Å². The zero-order chi connectivity index (χ0) is 17.5. The minimum Gasteiger partial charge on any atom is -0.508 e. The molecule has 2 N–H and O–H groups in total. The van der Waals surface area contributed by atoms with Crippen molar-refractivity contribution in [2.75, 3.05) is 18.5 Å². The number of aromatic hydroxyl groups is 1. The molecule has 2 aromatic carbocycles. The van der Waals surface area contributed by atoms with Crippen LogP contribution < -0.4 is 10.1 Å². The number of anilines is 1. The Morgan fingerprint density at radius 3 is 2.52 bits per heavy atom. The minimum atomic E-state index is 0.233. The molecule has 0 radical (unpaired) electrons. The molecule has 0 fully saturated rings. The van der Waals surface area contributed by atoms with Crippen LogP contribution in [0.3, 0.4) is 0 Å². The second-order valence-electron chi connectivity index (χ2n) is 5.40. The lowest BCUT2D eigenvalue weighted by Crippen LogP contribution is -2.09. The first-order valence-corrected chi connectivity index (χ1v) is 8.33. The van der Waals surface area contributed by atoms with Crippen LogP contribution in [0.4, 0.5) is 5.95 Å². The molecule has 0 atom stereocenters. The number of halogens is 1. The fourth-order valence-corrected chi connectivity index (χ4v) is 2.36. The number of benzene rings is 2. The van der Waals surface area contributed by atoms with E-state index in [0.717, 1.165) is 23.4 Å². The van der Waals surface area contributed by atoms with Crippen molar-refractivity contribution in [1.29, 1.82) is 0 Å². The molecule has 25 heavy (non-hydrogen) atoms. The monoisotopic (exact) mass is 355 g/mol. The van der Waals surface area contributed by atoms with E-state index in [4.69, 9.17) is 16.3 Å². The van der Waals surface area contributed by atoms with Crippen molar-refractivity contribution in [3.8, 4) is 22.8 Å². The molecule has 0 amide bonds.